The number of amides is 2. The van der Waals surface area contributed by atoms with Crippen molar-refractivity contribution >= 4 is 23.2 Å². The second-order valence-electron chi connectivity index (χ2n) is 6.30. The van der Waals surface area contributed by atoms with Gasteiger partial charge in [-0.25, -0.2) is 9.87 Å². The highest BCUT2D eigenvalue weighted by Gasteiger charge is 2.20. The van der Waals surface area contributed by atoms with Crippen molar-refractivity contribution in [3.05, 3.63) is 53.1 Å². The number of nitrogens with one attached hydrogen (secondary N) is 2. The number of hydroxylamine groups is 1. The van der Waals surface area contributed by atoms with Crippen LogP contribution in [0.4, 0.5) is 15.8 Å². The molecule has 1 fully saturated rings. The lowest BCUT2D eigenvalue weighted by Crippen LogP contribution is -2.25. The van der Waals surface area contributed by atoms with Gasteiger partial charge in [-0.1, -0.05) is 0 Å². The number of hydrogen-bond donors (Lipinski definition) is 2. The number of carbonyl (C=O) groups is 2. The van der Waals surface area contributed by atoms with E-state index in [1.807, 2.05) is 4.90 Å². The minimum absolute atomic E-state index is 0.184. The third kappa shape index (κ3) is 4.22. The molecule has 1 aliphatic rings. The Morgan fingerprint density at radius 2 is 1.93 bits per heavy atom. The van der Waals surface area contributed by atoms with Crippen LogP contribution in [0.1, 0.15) is 39.3 Å². The summed E-state index contributed by atoms with van der Waals surface area (Å²) in [5, 5.41) is 2.67. The number of hydrogen-bond acceptors (Lipinski definition) is 5. The molecule has 0 atom stereocenters. The van der Waals surface area contributed by atoms with Crippen LogP contribution in [0.25, 0.3) is 0 Å². The molecule has 142 valence electrons. The molecule has 3 rings (SSSR count). The highest BCUT2D eigenvalue weighted by atomic mass is 19.1. The van der Waals surface area contributed by atoms with Gasteiger partial charge in [-0.15, -0.1) is 0 Å². The first-order valence-electron chi connectivity index (χ1n) is 8.65. The lowest BCUT2D eigenvalue weighted by atomic mass is 10.1. The van der Waals surface area contributed by atoms with Gasteiger partial charge in [-0.3, -0.25) is 19.4 Å². The highest BCUT2D eigenvalue weighted by molar-refractivity contribution is 6.09. The number of anilines is 2. The Bertz CT molecular complexity index is 866. The number of carbonyl (C=O) groups excluding carboxylic acids is 2. The van der Waals surface area contributed by atoms with Gasteiger partial charge in [-0.05, 0) is 44.0 Å². The largest absolute Gasteiger partial charge is 0.371 e. The fraction of sp³-hybridized carbons (Fsp3) is 0.316. The smallest absolute Gasteiger partial charge is 0.278 e. The molecule has 0 aliphatic carbocycles. The van der Waals surface area contributed by atoms with Crippen molar-refractivity contribution in [3.8, 4) is 0 Å². The Morgan fingerprint density at radius 3 is 2.63 bits per heavy atom. The third-order valence-corrected chi connectivity index (χ3v) is 4.43. The van der Waals surface area contributed by atoms with E-state index in [1.165, 1.54) is 31.5 Å². The SMILES string of the molecule is CONC(=O)c1c(NC(=O)c2cc(F)cc(N3CCCC3)c2)ccnc1C. The van der Waals surface area contributed by atoms with Crippen LogP contribution in [0.5, 0.6) is 0 Å². The average Bonchev–Trinajstić information content (AvgIpc) is 3.16. The molecule has 1 aliphatic heterocycles. The maximum atomic E-state index is 14.1. The summed E-state index contributed by atoms with van der Waals surface area (Å²) in [4.78, 5) is 35.7. The second kappa shape index (κ2) is 8.13. The summed E-state index contributed by atoms with van der Waals surface area (Å²) in [5.74, 6) is -1.52. The van der Waals surface area contributed by atoms with E-state index in [1.54, 1.807) is 13.0 Å². The van der Waals surface area contributed by atoms with E-state index in [0.717, 1.165) is 25.9 Å². The standard InChI is InChI=1S/C19H21FN4O3/c1-12-17(19(26)23-27-2)16(5-6-21-12)22-18(25)13-9-14(20)11-15(10-13)24-7-3-4-8-24/h5-6,9-11H,3-4,7-8H2,1-2H3,(H,23,26)(H,21,22,25). The van der Waals surface area contributed by atoms with Crippen molar-refractivity contribution in [3.63, 3.8) is 0 Å². The molecule has 0 radical (unpaired) electrons. The van der Waals surface area contributed by atoms with E-state index in [0.29, 0.717) is 11.4 Å². The quantitative estimate of drug-likeness (QED) is 0.789. The number of nitrogens with zero attached hydrogens (tertiary/aromatic N) is 2. The molecular formula is C19H21FN4O3. The Kier molecular flexibility index (Phi) is 5.66. The molecule has 27 heavy (non-hydrogen) atoms. The molecule has 1 saturated heterocycles. The maximum absolute atomic E-state index is 14.1. The lowest BCUT2D eigenvalue weighted by Gasteiger charge is -2.19. The molecule has 0 spiro atoms. The molecule has 1 aromatic heterocycles. The molecule has 8 heteroatoms. The minimum Gasteiger partial charge on any atom is -0.371 e. The first-order chi connectivity index (χ1) is 13.0. The normalized spacial score (nSPS) is 13.5. The molecule has 2 aromatic rings. The van der Waals surface area contributed by atoms with Crippen LogP contribution in [-0.2, 0) is 4.84 Å². The number of rotatable bonds is 5. The van der Waals surface area contributed by atoms with Gasteiger partial charge < -0.3 is 10.2 Å². The lowest BCUT2D eigenvalue weighted by molar-refractivity contribution is 0.0537. The van der Waals surface area contributed by atoms with Gasteiger partial charge in [0.05, 0.1) is 24.1 Å². The van der Waals surface area contributed by atoms with Crippen LogP contribution in [0.3, 0.4) is 0 Å². The number of halogens is 1. The zero-order chi connectivity index (χ0) is 19.4. The van der Waals surface area contributed by atoms with E-state index >= 15 is 0 Å². The molecule has 7 nitrogen and oxygen atoms in total. The molecule has 0 unspecified atom stereocenters. The first kappa shape index (κ1) is 18.8. The zero-order valence-corrected chi connectivity index (χ0v) is 15.2. The predicted octanol–water partition coefficient (Wildman–Crippen LogP) is 2.67. The van der Waals surface area contributed by atoms with Crippen molar-refractivity contribution in [2.45, 2.75) is 19.8 Å². The van der Waals surface area contributed by atoms with Crippen LogP contribution in [-0.4, -0.2) is 37.0 Å². The van der Waals surface area contributed by atoms with E-state index in [9.17, 15) is 14.0 Å². The number of aromatic nitrogens is 1. The summed E-state index contributed by atoms with van der Waals surface area (Å²) in [5.41, 5.74) is 3.97. The Hall–Kier alpha value is -3.00. The third-order valence-electron chi connectivity index (χ3n) is 4.43. The summed E-state index contributed by atoms with van der Waals surface area (Å²) in [7, 11) is 1.31. The van der Waals surface area contributed by atoms with Crippen molar-refractivity contribution in [2.75, 3.05) is 30.4 Å². The first-order valence-corrected chi connectivity index (χ1v) is 8.65. The molecule has 0 saturated carbocycles. The van der Waals surface area contributed by atoms with Crippen LogP contribution in [0.2, 0.25) is 0 Å². The highest BCUT2D eigenvalue weighted by Crippen LogP contribution is 2.24. The predicted molar refractivity (Wildman–Crippen MR) is 99.2 cm³/mol. The van der Waals surface area contributed by atoms with Crippen molar-refractivity contribution in [1.82, 2.24) is 10.5 Å². The van der Waals surface area contributed by atoms with E-state index in [-0.39, 0.29) is 16.8 Å². The fourth-order valence-electron chi connectivity index (χ4n) is 3.16. The van der Waals surface area contributed by atoms with Gasteiger partial charge in [0.1, 0.15) is 5.82 Å². The fourth-order valence-corrected chi connectivity index (χ4v) is 3.16. The van der Waals surface area contributed by atoms with Crippen LogP contribution in [0.15, 0.2) is 30.5 Å². The molecule has 2 heterocycles. The molecule has 2 amide bonds. The molecule has 1 aromatic carbocycles. The van der Waals surface area contributed by atoms with Crippen LogP contribution in [0, 0.1) is 12.7 Å². The Labute approximate surface area is 156 Å². The van der Waals surface area contributed by atoms with Gasteiger partial charge in [-0.2, -0.15) is 0 Å². The number of benzene rings is 1. The summed E-state index contributed by atoms with van der Waals surface area (Å²) in [6, 6.07) is 5.77. The van der Waals surface area contributed by atoms with E-state index in [4.69, 9.17) is 0 Å². The van der Waals surface area contributed by atoms with Crippen LogP contribution >= 0.6 is 0 Å². The van der Waals surface area contributed by atoms with Gasteiger partial charge in [0.25, 0.3) is 11.8 Å². The topological polar surface area (TPSA) is 83.6 Å². The maximum Gasteiger partial charge on any atom is 0.278 e. The average molecular weight is 372 g/mol. The summed E-state index contributed by atoms with van der Waals surface area (Å²) in [6.07, 6.45) is 3.58. The Balaban J connectivity index is 1.88. The number of pyridine rings is 1. The van der Waals surface area contributed by atoms with E-state index in [2.05, 4.69) is 20.6 Å². The second-order valence-corrected chi connectivity index (χ2v) is 6.30. The summed E-state index contributed by atoms with van der Waals surface area (Å²) in [6.45, 7) is 3.33. The summed E-state index contributed by atoms with van der Waals surface area (Å²) < 4.78 is 14.1. The van der Waals surface area contributed by atoms with Crippen molar-refractivity contribution < 1.29 is 18.8 Å². The van der Waals surface area contributed by atoms with Gasteiger partial charge in [0.2, 0.25) is 0 Å². The molecule has 2 N–H and O–H groups in total. The van der Waals surface area contributed by atoms with E-state index < -0.39 is 17.6 Å². The molecule has 0 bridgehead atoms. The van der Waals surface area contributed by atoms with Crippen LogP contribution < -0.4 is 15.7 Å². The van der Waals surface area contributed by atoms with Crippen molar-refractivity contribution in [1.29, 1.82) is 0 Å². The van der Waals surface area contributed by atoms with Gasteiger partial charge in [0, 0.05) is 30.5 Å². The monoisotopic (exact) mass is 372 g/mol. The summed E-state index contributed by atoms with van der Waals surface area (Å²) >= 11 is 0. The van der Waals surface area contributed by atoms with Gasteiger partial charge in [0.15, 0.2) is 0 Å². The minimum atomic E-state index is -0.532. The Morgan fingerprint density at radius 1 is 1.19 bits per heavy atom. The van der Waals surface area contributed by atoms with Gasteiger partial charge >= 0.3 is 0 Å². The molecular weight excluding hydrogens is 351 g/mol. The zero-order valence-electron chi connectivity index (χ0n) is 15.2. The van der Waals surface area contributed by atoms with Crippen molar-refractivity contribution in [2.24, 2.45) is 0 Å². The number of aryl methyl sites for hydroxylation is 1.